The first kappa shape index (κ1) is 20.1. The summed E-state index contributed by atoms with van der Waals surface area (Å²) in [6, 6.07) is 11.1. The second-order valence-electron chi connectivity index (χ2n) is 6.93. The van der Waals surface area contributed by atoms with Crippen LogP contribution >= 0.6 is 0 Å². The first-order valence-electron chi connectivity index (χ1n) is 9.05. The summed E-state index contributed by atoms with van der Waals surface area (Å²) in [5.41, 5.74) is -1.69. The molecule has 0 spiro atoms. The van der Waals surface area contributed by atoms with Gasteiger partial charge in [-0.2, -0.15) is 13.2 Å². The first-order chi connectivity index (χ1) is 13.3. The molecule has 8 heteroatoms. The monoisotopic (exact) mass is 394 g/mol. The third-order valence-corrected chi connectivity index (χ3v) is 5.11. The molecule has 1 aliphatic rings. The number of alkyl halides is 3. The number of benzene rings is 1. The van der Waals surface area contributed by atoms with Crippen molar-refractivity contribution >= 4 is 5.91 Å². The van der Waals surface area contributed by atoms with Crippen LogP contribution in [0.2, 0.25) is 0 Å². The molecule has 28 heavy (non-hydrogen) atoms. The van der Waals surface area contributed by atoms with E-state index in [2.05, 4.69) is 0 Å². The Morgan fingerprint density at radius 2 is 1.75 bits per heavy atom. The van der Waals surface area contributed by atoms with Crippen molar-refractivity contribution < 1.29 is 23.1 Å². The van der Waals surface area contributed by atoms with E-state index in [1.54, 1.807) is 0 Å². The Bertz CT molecular complexity index is 872. The van der Waals surface area contributed by atoms with Crippen LogP contribution in [0.25, 0.3) is 0 Å². The van der Waals surface area contributed by atoms with Crippen molar-refractivity contribution in [3.05, 3.63) is 70.1 Å². The molecule has 0 saturated carbocycles. The van der Waals surface area contributed by atoms with Crippen LogP contribution in [0.1, 0.15) is 30.1 Å². The quantitative estimate of drug-likeness (QED) is 0.868. The molecule has 1 aromatic heterocycles. The average molecular weight is 394 g/mol. The van der Waals surface area contributed by atoms with Gasteiger partial charge in [0.15, 0.2) is 0 Å². The molecule has 1 N–H and O–H groups in total. The van der Waals surface area contributed by atoms with Gasteiger partial charge in [-0.3, -0.25) is 9.59 Å². The van der Waals surface area contributed by atoms with Gasteiger partial charge in [0.25, 0.3) is 5.56 Å². The lowest BCUT2D eigenvalue weighted by molar-refractivity contribution is -0.140. The van der Waals surface area contributed by atoms with Crippen LogP contribution in [-0.4, -0.2) is 33.6 Å². The van der Waals surface area contributed by atoms with Crippen molar-refractivity contribution in [3.63, 3.8) is 0 Å². The maximum Gasteiger partial charge on any atom is 0.421 e. The number of carbonyl (C=O) groups is 1. The molecule has 0 bridgehead atoms. The Morgan fingerprint density at radius 1 is 1.11 bits per heavy atom. The number of aliphatic hydroxyl groups is 1. The van der Waals surface area contributed by atoms with Crippen molar-refractivity contribution in [2.75, 3.05) is 13.1 Å². The average Bonchev–Trinajstić information content (AvgIpc) is 2.69. The Morgan fingerprint density at radius 3 is 2.36 bits per heavy atom. The standard InChI is InChI=1S/C20H21F3N2O3/c21-20(22,23)16-7-4-10-25(19(16)28)13-17(26)24-11-8-15(9-12-24)18(27)14-5-2-1-3-6-14/h1-7,10,15,18,27H,8-9,11-13H2. The second kappa shape index (κ2) is 8.18. The number of likely N-dealkylation sites (tertiary alicyclic amines) is 1. The number of piperidine rings is 1. The SMILES string of the molecule is O=C(Cn1cccc(C(F)(F)F)c1=O)N1CCC(C(O)c2ccccc2)CC1. The zero-order chi connectivity index (χ0) is 20.3. The molecule has 3 rings (SSSR count). The lowest BCUT2D eigenvalue weighted by Gasteiger charge is -2.34. The minimum Gasteiger partial charge on any atom is -0.388 e. The maximum atomic E-state index is 12.8. The van der Waals surface area contributed by atoms with Gasteiger partial charge in [0.05, 0.1) is 6.10 Å². The van der Waals surface area contributed by atoms with Crippen LogP contribution in [0.3, 0.4) is 0 Å². The number of aliphatic hydroxyl groups excluding tert-OH is 1. The maximum absolute atomic E-state index is 12.8. The Kier molecular flexibility index (Phi) is 5.88. The topological polar surface area (TPSA) is 62.5 Å². The summed E-state index contributed by atoms with van der Waals surface area (Å²) in [5, 5.41) is 10.5. The molecule has 150 valence electrons. The van der Waals surface area contributed by atoms with Crippen molar-refractivity contribution in [1.82, 2.24) is 9.47 Å². The number of pyridine rings is 1. The molecule has 1 saturated heterocycles. The summed E-state index contributed by atoms with van der Waals surface area (Å²) in [7, 11) is 0. The lowest BCUT2D eigenvalue weighted by Crippen LogP contribution is -2.43. The van der Waals surface area contributed by atoms with Crippen molar-refractivity contribution in [2.24, 2.45) is 5.92 Å². The number of rotatable bonds is 4. The van der Waals surface area contributed by atoms with E-state index in [-0.39, 0.29) is 5.92 Å². The summed E-state index contributed by atoms with van der Waals surface area (Å²) in [6.45, 7) is 0.344. The molecule has 1 aromatic carbocycles. The third-order valence-electron chi connectivity index (χ3n) is 5.11. The van der Waals surface area contributed by atoms with Gasteiger partial charge < -0.3 is 14.6 Å². The number of halogens is 3. The molecule has 0 aliphatic carbocycles. The molecule has 1 unspecified atom stereocenters. The van der Waals surface area contributed by atoms with E-state index in [1.807, 2.05) is 30.3 Å². The van der Waals surface area contributed by atoms with E-state index in [0.717, 1.165) is 16.2 Å². The first-order valence-corrected chi connectivity index (χ1v) is 9.05. The van der Waals surface area contributed by atoms with Gasteiger partial charge in [0.1, 0.15) is 12.1 Å². The van der Waals surface area contributed by atoms with Gasteiger partial charge in [-0.05, 0) is 36.5 Å². The summed E-state index contributed by atoms with van der Waals surface area (Å²) < 4.78 is 39.3. The van der Waals surface area contributed by atoms with E-state index in [0.29, 0.717) is 32.0 Å². The van der Waals surface area contributed by atoms with Gasteiger partial charge in [-0.1, -0.05) is 30.3 Å². The molecule has 1 atom stereocenters. The Labute approximate surface area is 160 Å². The summed E-state index contributed by atoms with van der Waals surface area (Å²) in [6.07, 6.45) is -3.03. The molecular weight excluding hydrogens is 373 g/mol. The van der Waals surface area contributed by atoms with Crippen LogP contribution in [0.4, 0.5) is 13.2 Å². The highest BCUT2D eigenvalue weighted by molar-refractivity contribution is 5.76. The smallest absolute Gasteiger partial charge is 0.388 e. The molecule has 2 heterocycles. The predicted octanol–water partition coefficient (Wildman–Crippen LogP) is 2.84. The number of aromatic nitrogens is 1. The summed E-state index contributed by atoms with van der Waals surface area (Å²) in [4.78, 5) is 25.9. The predicted molar refractivity (Wildman–Crippen MR) is 96.4 cm³/mol. The minimum atomic E-state index is -4.75. The van der Waals surface area contributed by atoms with E-state index >= 15 is 0 Å². The van der Waals surface area contributed by atoms with E-state index in [1.165, 1.54) is 11.1 Å². The highest BCUT2D eigenvalue weighted by atomic mass is 19.4. The van der Waals surface area contributed by atoms with Crippen LogP contribution < -0.4 is 5.56 Å². The van der Waals surface area contributed by atoms with Gasteiger partial charge in [-0.15, -0.1) is 0 Å². The van der Waals surface area contributed by atoms with E-state index in [9.17, 15) is 27.9 Å². The molecule has 0 radical (unpaired) electrons. The fourth-order valence-electron chi connectivity index (χ4n) is 3.51. The molecule has 5 nitrogen and oxygen atoms in total. The van der Waals surface area contributed by atoms with Crippen molar-refractivity contribution in [2.45, 2.75) is 31.7 Å². The fourth-order valence-corrected chi connectivity index (χ4v) is 3.51. The fraction of sp³-hybridized carbons (Fsp3) is 0.400. The Balaban J connectivity index is 1.61. The van der Waals surface area contributed by atoms with Crippen LogP contribution in [0.15, 0.2) is 53.5 Å². The lowest BCUT2D eigenvalue weighted by atomic mass is 9.87. The summed E-state index contributed by atoms with van der Waals surface area (Å²) >= 11 is 0. The molecule has 2 aromatic rings. The number of carbonyl (C=O) groups excluding carboxylic acids is 1. The minimum absolute atomic E-state index is 0.00253. The summed E-state index contributed by atoms with van der Waals surface area (Å²) in [5.74, 6) is -0.406. The van der Waals surface area contributed by atoms with Crippen molar-refractivity contribution in [1.29, 1.82) is 0 Å². The Hall–Kier alpha value is -2.61. The molecule has 1 fully saturated rings. The zero-order valence-electron chi connectivity index (χ0n) is 15.1. The molecular formula is C20H21F3N2O3. The molecule has 1 aliphatic heterocycles. The van der Waals surface area contributed by atoms with Crippen LogP contribution in [-0.2, 0) is 17.5 Å². The van der Waals surface area contributed by atoms with E-state index in [4.69, 9.17) is 0 Å². The normalized spacial score (nSPS) is 16.8. The van der Waals surface area contributed by atoms with Crippen LogP contribution in [0, 0.1) is 5.92 Å². The second-order valence-corrected chi connectivity index (χ2v) is 6.93. The third kappa shape index (κ3) is 4.44. The highest BCUT2D eigenvalue weighted by Gasteiger charge is 2.34. The van der Waals surface area contributed by atoms with E-state index < -0.39 is 35.9 Å². The number of nitrogens with zero attached hydrogens (tertiary/aromatic N) is 2. The highest BCUT2D eigenvalue weighted by Crippen LogP contribution is 2.30. The van der Waals surface area contributed by atoms with Gasteiger partial charge >= 0.3 is 6.18 Å². The van der Waals surface area contributed by atoms with Crippen LogP contribution in [0.5, 0.6) is 0 Å². The number of amides is 1. The molecule has 1 amide bonds. The number of hydrogen-bond acceptors (Lipinski definition) is 3. The number of hydrogen-bond donors (Lipinski definition) is 1. The van der Waals surface area contributed by atoms with Gasteiger partial charge in [-0.25, -0.2) is 0 Å². The largest absolute Gasteiger partial charge is 0.421 e. The van der Waals surface area contributed by atoms with Gasteiger partial charge in [0, 0.05) is 19.3 Å². The van der Waals surface area contributed by atoms with Crippen molar-refractivity contribution in [3.8, 4) is 0 Å². The zero-order valence-corrected chi connectivity index (χ0v) is 15.1. The van der Waals surface area contributed by atoms with Gasteiger partial charge in [0.2, 0.25) is 5.91 Å².